The number of likely N-dealkylation sites (N-methyl/N-ethyl adjacent to an activating group) is 1. The second kappa shape index (κ2) is 48.8. The second-order valence-electron chi connectivity index (χ2n) is 20.9. The Balaban J connectivity index is 4.11. The Bertz CT molecular complexity index is 1030. The minimum Gasteiger partial charge on any atom is -0.544 e. The van der Waals surface area contributed by atoms with Crippen LogP contribution in [0.1, 0.15) is 296 Å². The first-order chi connectivity index (χ1) is 31.6. The van der Waals surface area contributed by atoms with E-state index in [0.717, 1.165) is 38.5 Å². The molecule has 0 aromatic carbocycles. The van der Waals surface area contributed by atoms with Crippen LogP contribution in [-0.4, -0.2) is 75.5 Å². The number of carboxylic acid groups (broad SMARTS) is 1. The fourth-order valence-corrected chi connectivity index (χ4v) is 9.08. The number of carboxylic acids is 1. The van der Waals surface area contributed by atoms with Crippen molar-refractivity contribution in [2.75, 3.05) is 41.0 Å². The van der Waals surface area contributed by atoms with Crippen LogP contribution in [0.25, 0.3) is 0 Å². The lowest BCUT2D eigenvalue weighted by molar-refractivity contribution is -0.889. The Kier molecular flexibility index (Phi) is 47.5. The van der Waals surface area contributed by atoms with E-state index in [-0.39, 0.29) is 42.7 Å². The number of ether oxygens (including phenoxy) is 3. The molecule has 0 aromatic heterocycles. The monoisotopic (exact) mass is 922 g/mol. The molecule has 8 heteroatoms. The Morgan fingerprint density at radius 3 is 0.954 bits per heavy atom. The van der Waals surface area contributed by atoms with E-state index >= 15 is 0 Å². The summed E-state index contributed by atoms with van der Waals surface area (Å²) in [6.07, 6.45) is 54.3. The normalized spacial score (nSPS) is 12.7. The van der Waals surface area contributed by atoms with Crippen molar-refractivity contribution < 1.29 is 38.2 Å². The van der Waals surface area contributed by atoms with E-state index in [4.69, 9.17) is 14.2 Å². The number of carbonyl (C=O) groups excluding carboxylic acids is 3. The third-order valence-corrected chi connectivity index (χ3v) is 13.5. The molecular formula is C57H111NO7. The van der Waals surface area contributed by atoms with Gasteiger partial charge in [0.25, 0.3) is 0 Å². The molecule has 0 heterocycles. The molecule has 386 valence electrons. The van der Waals surface area contributed by atoms with Gasteiger partial charge in [-0.25, -0.2) is 0 Å². The van der Waals surface area contributed by atoms with E-state index in [1.165, 1.54) is 225 Å². The summed E-state index contributed by atoms with van der Waals surface area (Å²) < 4.78 is 17.3. The number of unbranched alkanes of at least 4 members (excludes halogenated alkanes) is 39. The molecule has 0 fully saturated rings. The van der Waals surface area contributed by atoms with Gasteiger partial charge in [0.2, 0.25) is 0 Å². The summed E-state index contributed by atoms with van der Waals surface area (Å²) in [7, 11) is 5.44. The average molecular weight is 923 g/mol. The van der Waals surface area contributed by atoms with Crippen molar-refractivity contribution in [2.24, 2.45) is 0 Å². The van der Waals surface area contributed by atoms with Gasteiger partial charge in [-0.2, -0.15) is 0 Å². The Labute approximate surface area is 404 Å². The van der Waals surface area contributed by atoms with Gasteiger partial charge >= 0.3 is 11.9 Å². The molecule has 0 N–H and O–H groups in total. The smallest absolute Gasteiger partial charge is 0.306 e. The van der Waals surface area contributed by atoms with Crippen molar-refractivity contribution in [3.63, 3.8) is 0 Å². The van der Waals surface area contributed by atoms with Gasteiger partial charge in [0.15, 0.2) is 6.10 Å². The van der Waals surface area contributed by atoms with Crippen LogP contribution in [0.3, 0.4) is 0 Å². The van der Waals surface area contributed by atoms with E-state index in [9.17, 15) is 19.5 Å². The lowest BCUT2D eigenvalue weighted by atomic mass is 10.0. The van der Waals surface area contributed by atoms with Crippen molar-refractivity contribution in [1.82, 2.24) is 0 Å². The maximum Gasteiger partial charge on any atom is 0.306 e. The van der Waals surface area contributed by atoms with Crippen molar-refractivity contribution in [1.29, 1.82) is 0 Å². The van der Waals surface area contributed by atoms with Crippen LogP contribution >= 0.6 is 0 Å². The molecule has 0 aliphatic rings. The van der Waals surface area contributed by atoms with Crippen LogP contribution in [-0.2, 0) is 28.6 Å². The fraction of sp³-hybridized carbons (Fsp3) is 0.947. The average Bonchev–Trinajstić information content (AvgIpc) is 3.27. The SMILES string of the molecule is CCCCCCCCCCCCCCCCCCCCCCCC(=O)OCC(COCCC(C(=O)[O-])[N+](C)(C)C)OC(=O)CCCCCCCCCCCCCCCCCCCCCC. The van der Waals surface area contributed by atoms with Crippen molar-refractivity contribution in [3.8, 4) is 0 Å². The standard InChI is InChI=1S/C57H111NO7/c1-6-8-10-12-14-16-18-20-22-24-26-28-30-31-33-35-37-39-41-43-45-47-55(59)64-52-53(51-63-50-49-54(57(61)62)58(3,4)5)65-56(60)48-46-44-42-40-38-36-34-32-29-27-25-23-21-19-17-15-13-11-9-7-2/h53-54H,6-52H2,1-5H3. The number of quaternary nitrogens is 1. The lowest BCUT2D eigenvalue weighted by Crippen LogP contribution is -2.55. The van der Waals surface area contributed by atoms with Gasteiger partial charge in [-0.05, 0) is 12.8 Å². The Morgan fingerprint density at radius 1 is 0.400 bits per heavy atom. The van der Waals surface area contributed by atoms with Crippen LogP contribution in [0.2, 0.25) is 0 Å². The van der Waals surface area contributed by atoms with Gasteiger partial charge in [0.1, 0.15) is 12.6 Å². The summed E-state index contributed by atoms with van der Waals surface area (Å²) in [5, 5.41) is 11.7. The zero-order chi connectivity index (χ0) is 47.7. The largest absolute Gasteiger partial charge is 0.544 e. The van der Waals surface area contributed by atoms with Crippen molar-refractivity contribution in [2.45, 2.75) is 309 Å². The highest BCUT2D eigenvalue weighted by atomic mass is 16.6. The van der Waals surface area contributed by atoms with Crippen LogP contribution in [0.4, 0.5) is 0 Å². The molecule has 65 heavy (non-hydrogen) atoms. The summed E-state index contributed by atoms with van der Waals surface area (Å²) in [6, 6.07) is -0.720. The highest BCUT2D eigenvalue weighted by molar-refractivity contribution is 5.70. The number of hydrogen-bond acceptors (Lipinski definition) is 7. The number of esters is 2. The topological polar surface area (TPSA) is 102 Å². The molecule has 0 radical (unpaired) electrons. The Morgan fingerprint density at radius 2 is 0.677 bits per heavy atom. The van der Waals surface area contributed by atoms with E-state index in [2.05, 4.69) is 13.8 Å². The van der Waals surface area contributed by atoms with Crippen LogP contribution < -0.4 is 5.11 Å². The third-order valence-electron chi connectivity index (χ3n) is 13.5. The number of carbonyl (C=O) groups is 3. The zero-order valence-electron chi connectivity index (χ0n) is 44.2. The molecule has 0 rings (SSSR count). The number of hydrogen-bond donors (Lipinski definition) is 0. The minimum absolute atomic E-state index is 0.0501. The minimum atomic E-state index is -1.12. The highest BCUT2D eigenvalue weighted by Gasteiger charge is 2.25. The van der Waals surface area contributed by atoms with Crippen molar-refractivity contribution in [3.05, 3.63) is 0 Å². The summed E-state index contributed by atoms with van der Waals surface area (Å²) in [4.78, 5) is 37.1. The zero-order valence-corrected chi connectivity index (χ0v) is 44.2. The van der Waals surface area contributed by atoms with Crippen LogP contribution in [0.15, 0.2) is 0 Å². The number of nitrogens with zero attached hydrogens (tertiary/aromatic N) is 1. The Hall–Kier alpha value is -1.67. The first kappa shape index (κ1) is 63.3. The molecule has 8 nitrogen and oxygen atoms in total. The van der Waals surface area contributed by atoms with Crippen LogP contribution in [0, 0.1) is 0 Å². The van der Waals surface area contributed by atoms with E-state index in [0.29, 0.717) is 12.8 Å². The van der Waals surface area contributed by atoms with Crippen LogP contribution in [0.5, 0.6) is 0 Å². The van der Waals surface area contributed by atoms with Gasteiger partial charge in [0.05, 0.1) is 40.3 Å². The highest BCUT2D eigenvalue weighted by Crippen LogP contribution is 2.18. The summed E-state index contributed by atoms with van der Waals surface area (Å²) in [6.45, 7) is 4.74. The van der Waals surface area contributed by atoms with E-state index in [1.807, 2.05) is 21.1 Å². The lowest BCUT2D eigenvalue weighted by Gasteiger charge is -2.34. The third kappa shape index (κ3) is 47.2. The van der Waals surface area contributed by atoms with E-state index < -0.39 is 18.1 Å². The van der Waals surface area contributed by atoms with Gasteiger partial charge in [-0.15, -0.1) is 0 Å². The molecule has 2 atom stereocenters. The number of rotatable bonds is 53. The van der Waals surface area contributed by atoms with Crippen molar-refractivity contribution >= 4 is 17.9 Å². The molecule has 0 spiro atoms. The predicted octanol–water partition coefficient (Wildman–Crippen LogP) is 15.5. The molecule has 0 saturated heterocycles. The molecule has 0 amide bonds. The maximum atomic E-state index is 12.8. The molecule has 0 aliphatic heterocycles. The van der Waals surface area contributed by atoms with Gasteiger partial charge < -0.3 is 28.6 Å². The van der Waals surface area contributed by atoms with E-state index in [1.54, 1.807) is 0 Å². The molecule has 0 bridgehead atoms. The first-order valence-corrected chi connectivity index (χ1v) is 28.6. The molecule has 2 unspecified atom stereocenters. The quantitative estimate of drug-likeness (QED) is 0.0340. The second-order valence-corrected chi connectivity index (χ2v) is 20.9. The fourth-order valence-electron chi connectivity index (χ4n) is 9.08. The van der Waals surface area contributed by atoms with Gasteiger partial charge in [-0.1, -0.05) is 264 Å². The molecule has 0 aliphatic carbocycles. The van der Waals surface area contributed by atoms with Gasteiger partial charge in [0, 0.05) is 19.3 Å². The first-order valence-electron chi connectivity index (χ1n) is 28.6. The summed E-state index contributed by atoms with van der Waals surface area (Å²) in [5.74, 6) is -1.70. The predicted molar refractivity (Wildman–Crippen MR) is 273 cm³/mol. The molecule has 0 aromatic rings. The molecule has 0 saturated carbocycles. The summed E-state index contributed by atoms with van der Waals surface area (Å²) in [5.41, 5.74) is 0. The maximum absolute atomic E-state index is 12.8. The summed E-state index contributed by atoms with van der Waals surface area (Å²) >= 11 is 0. The number of aliphatic carboxylic acids is 1. The van der Waals surface area contributed by atoms with Gasteiger partial charge in [-0.3, -0.25) is 9.59 Å². The molecular weight excluding hydrogens is 811 g/mol.